The summed E-state index contributed by atoms with van der Waals surface area (Å²) in [4.78, 5) is 0. The second-order valence-corrected chi connectivity index (χ2v) is 4.11. The zero-order valence-corrected chi connectivity index (χ0v) is 8.11. The highest BCUT2D eigenvalue weighted by atomic mass is 14.9. The van der Waals surface area contributed by atoms with Gasteiger partial charge in [0.2, 0.25) is 0 Å². The van der Waals surface area contributed by atoms with Crippen LogP contribution in [0.3, 0.4) is 0 Å². The van der Waals surface area contributed by atoms with Gasteiger partial charge in [-0.25, -0.2) is 0 Å². The fourth-order valence-electron chi connectivity index (χ4n) is 2.58. The van der Waals surface area contributed by atoms with E-state index in [9.17, 15) is 0 Å². The van der Waals surface area contributed by atoms with Gasteiger partial charge in [0.05, 0.1) is 0 Å². The zero-order valence-electron chi connectivity index (χ0n) is 8.11. The zero-order chi connectivity index (χ0) is 8.32. The molecule has 0 heterocycles. The van der Waals surface area contributed by atoms with E-state index in [1.807, 2.05) is 0 Å². The van der Waals surface area contributed by atoms with Crippen molar-refractivity contribution < 1.29 is 0 Å². The van der Waals surface area contributed by atoms with Crippen LogP contribution < -0.4 is 5.32 Å². The second kappa shape index (κ2) is 3.57. The average molecular weight is 155 g/mol. The highest BCUT2D eigenvalue weighted by Crippen LogP contribution is 2.41. The maximum absolute atomic E-state index is 3.43. The van der Waals surface area contributed by atoms with Gasteiger partial charge in [0, 0.05) is 6.04 Å². The number of hydrogen-bond donors (Lipinski definition) is 1. The summed E-state index contributed by atoms with van der Waals surface area (Å²) < 4.78 is 0. The van der Waals surface area contributed by atoms with Crippen LogP contribution in [0.1, 0.15) is 46.0 Å². The minimum atomic E-state index is 0.601. The van der Waals surface area contributed by atoms with E-state index in [2.05, 4.69) is 26.2 Å². The van der Waals surface area contributed by atoms with Crippen LogP contribution in [0, 0.1) is 5.41 Å². The highest BCUT2D eigenvalue weighted by Gasteiger charge is 2.34. The normalized spacial score (nSPS) is 25.4. The van der Waals surface area contributed by atoms with Crippen molar-refractivity contribution in [1.82, 2.24) is 5.32 Å². The molecule has 1 atom stereocenters. The first-order valence-electron chi connectivity index (χ1n) is 4.90. The van der Waals surface area contributed by atoms with Crippen LogP contribution in [0.5, 0.6) is 0 Å². The lowest BCUT2D eigenvalue weighted by molar-refractivity contribution is 0.225. The van der Waals surface area contributed by atoms with Gasteiger partial charge in [-0.1, -0.05) is 26.7 Å². The quantitative estimate of drug-likeness (QED) is 0.660. The molecular weight excluding hydrogens is 134 g/mol. The topological polar surface area (TPSA) is 12.0 Å². The molecule has 1 nitrogen and oxygen atoms in total. The average Bonchev–Trinajstić information content (AvgIpc) is 2.39. The van der Waals surface area contributed by atoms with Gasteiger partial charge in [0.25, 0.3) is 0 Å². The van der Waals surface area contributed by atoms with Crippen molar-refractivity contribution in [3.63, 3.8) is 0 Å². The molecule has 0 spiro atoms. The van der Waals surface area contributed by atoms with E-state index in [0.29, 0.717) is 5.41 Å². The second-order valence-electron chi connectivity index (χ2n) is 4.11. The lowest BCUT2D eigenvalue weighted by Gasteiger charge is -2.33. The smallest absolute Gasteiger partial charge is 0.0115 e. The van der Waals surface area contributed by atoms with Gasteiger partial charge in [-0.15, -0.1) is 0 Å². The van der Waals surface area contributed by atoms with Crippen LogP contribution >= 0.6 is 0 Å². The predicted octanol–water partition coefficient (Wildman–Crippen LogP) is 2.56. The predicted molar refractivity (Wildman–Crippen MR) is 49.7 cm³/mol. The third-order valence-corrected chi connectivity index (χ3v) is 3.34. The molecular formula is C10H21N. The number of rotatable bonds is 3. The van der Waals surface area contributed by atoms with Gasteiger partial charge < -0.3 is 5.32 Å². The molecule has 0 aliphatic heterocycles. The summed E-state index contributed by atoms with van der Waals surface area (Å²) in [6.45, 7) is 4.72. The molecule has 0 radical (unpaired) electrons. The molecule has 1 rings (SSSR count). The Morgan fingerprint density at radius 3 is 2.27 bits per heavy atom. The van der Waals surface area contributed by atoms with Gasteiger partial charge in [-0.05, 0) is 31.7 Å². The fraction of sp³-hybridized carbons (Fsp3) is 1.00. The molecule has 1 aliphatic rings. The van der Waals surface area contributed by atoms with Crippen LogP contribution in [0.2, 0.25) is 0 Å². The van der Waals surface area contributed by atoms with Crippen molar-refractivity contribution >= 4 is 0 Å². The van der Waals surface area contributed by atoms with Crippen LogP contribution in [0.25, 0.3) is 0 Å². The first-order chi connectivity index (χ1) is 5.23. The summed E-state index contributed by atoms with van der Waals surface area (Å²) in [6.07, 6.45) is 7.00. The first-order valence-corrected chi connectivity index (χ1v) is 4.90. The van der Waals surface area contributed by atoms with Crippen LogP contribution in [-0.4, -0.2) is 13.1 Å². The Balaban J connectivity index is 2.53. The van der Waals surface area contributed by atoms with Gasteiger partial charge in [-0.3, -0.25) is 0 Å². The molecule has 0 amide bonds. The Hall–Kier alpha value is -0.0400. The Bertz CT molecular complexity index is 110. The van der Waals surface area contributed by atoms with E-state index in [0.717, 1.165) is 6.04 Å². The highest BCUT2D eigenvalue weighted by molar-refractivity contribution is 4.89. The number of hydrogen-bond acceptors (Lipinski definition) is 1. The summed E-state index contributed by atoms with van der Waals surface area (Å²) in [7, 11) is 2.09. The van der Waals surface area contributed by atoms with E-state index in [-0.39, 0.29) is 0 Å². The molecule has 1 aliphatic carbocycles. The minimum Gasteiger partial charge on any atom is -0.316 e. The minimum absolute atomic E-state index is 0.601. The summed E-state index contributed by atoms with van der Waals surface area (Å²) in [6, 6.07) is 0.741. The van der Waals surface area contributed by atoms with Crippen LogP contribution in [0.15, 0.2) is 0 Å². The third-order valence-electron chi connectivity index (χ3n) is 3.34. The molecule has 1 heteroatoms. The lowest BCUT2D eigenvalue weighted by atomic mass is 9.79. The molecule has 66 valence electrons. The summed E-state index contributed by atoms with van der Waals surface area (Å²) in [5, 5.41) is 3.43. The van der Waals surface area contributed by atoms with Gasteiger partial charge in [0.1, 0.15) is 0 Å². The molecule has 11 heavy (non-hydrogen) atoms. The van der Waals surface area contributed by atoms with E-state index in [4.69, 9.17) is 0 Å². The first kappa shape index (κ1) is 9.05. The Kier molecular flexibility index (Phi) is 2.94. The molecule has 1 fully saturated rings. The maximum atomic E-state index is 3.43. The van der Waals surface area contributed by atoms with E-state index in [1.54, 1.807) is 0 Å². The number of nitrogens with one attached hydrogen (secondary N) is 1. The summed E-state index contributed by atoms with van der Waals surface area (Å²) in [5.74, 6) is 0. The van der Waals surface area contributed by atoms with E-state index in [1.165, 1.54) is 32.1 Å². The van der Waals surface area contributed by atoms with Gasteiger partial charge in [0.15, 0.2) is 0 Å². The largest absolute Gasteiger partial charge is 0.316 e. The van der Waals surface area contributed by atoms with Crippen molar-refractivity contribution in [2.24, 2.45) is 5.41 Å². The molecule has 0 aromatic carbocycles. The molecule has 1 N–H and O–H groups in total. The Morgan fingerprint density at radius 2 is 1.91 bits per heavy atom. The lowest BCUT2D eigenvalue weighted by Crippen LogP contribution is -2.39. The van der Waals surface area contributed by atoms with Crippen molar-refractivity contribution in [3.8, 4) is 0 Å². The summed E-state index contributed by atoms with van der Waals surface area (Å²) in [5.41, 5.74) is 0.601. The fourth-order valence-corrected chi connectivity index (χ4v) is 2.58. The van der Waals surface area contributed by atoms with Crippen molar-refractivity contribution in [3.05, 3.63) is 0 Å². The van der Waals surface area contributed by atoms with Crippen molar-refractivity contribution in [2.45, 2.75) is 52.0 Å². The Labute approximate surface area is 70.6 Å². The van der Waals surface area contributed by atoms with E-state index >= 15 is 0 Å². The molecule has 1 saturated carbocycles. The van der Waals surface area contributed by atoms with Crippen LogP contribution in [-0.2, 0) is 0 Å². The van der Waals surface area contributed by atoms with Crippen molar-refractivity contribution in [2.75, 3.05) is 7.05 Å². The molecule has 0 saturated heterocycles. The van der Waals surface area contributed by atoms with Crippen molar-refractivity contribution in [1.29, 1.82) is 0 Å². The maximum Gasteiger partial charge on any atom is 0.0115 e. The molecule has 0 bridgehead atoms. The SMILES string of the molecule is CCC(NC)C1(C)CCCC1. The van der Waals surface area contributed by atoms with Gasteiger partial charge in [-0.2, -0.15) is 0 Å². The third kappa shape index (κ3) is 1.76. The summed E-state index contributed by atoms with van der Waals surface area (Å²) >= 11 is 0. The molecule has 0 aromatic rings. The monoisotopic (exact) mass is 155 g/mol. The Morgan fingerprint density at radius 1 is 1.36 bits per heavy atom. The molecule has 0 aromatic heterocycles. The van der Waals surface area contributed by atoms with Gasteiger partial charge >= 0.3 is 0 Å². The van der Waals surface area contributed by atoms with E-state index < -0.39 is 0 Å². The standard InChI is InChI=1S/C10H21N/c1-4-9(11-3)10(2)7-5-6-8-10/h9,11H,4-8H2,1-3H3. The molecule has 1 unspecified atom stereocenters. The van der Waals surface area contributed by atoms with Crippen LogP contribution in [0.4, 0.5) is 0 Å².